The van der Waals surface area contributed by atoms with Gasteiger partial charge in [0.25, 0.3) is 11.8 Å². The maximum absolute atomic E-state index is 13.1. The molecule has 0 aliphatic carbocycles. The van der Waals surface area contributed by atoms with E-state index in [2.05, 4.69) is 58.3 Å². The van der Waals surface area contributed by atoms with E-state index in [0.717, 1.165) is 65.0 Å². The van der Waals surface area contributed by atoms with Gasteiger partial charge in [0.1, 0.15) is 11.5 Å². The predicted molar refractivity (Wildman–Crippen MR) is 252 cm³/mol. The number of carboxylic acids is 2. The average Bonchev–Trinajstić information content (AvgIpc) is 3.29. The molecule has 2 aliphatic heterocycles. The zero-order valence-electron chi connectivity index (χ0n) is 36.9. The van der Waals surface area contributed by atoms with Crippen LogP contribution in [0.1, 0.15) is 71.4 Å². The summed E-state index contributed by atoms with van der Waals surface area (Å²) in [7, 11) is 3.72. The summed E-state index contributed by atoms with van der Waals surface area (Å²) >= 11 is 12.3. The maximum atomic E-state index is 13.1. The number of nitrogen functional groups attached to an aromatic ring is 2. The number of nitrogens with zero attached hydrogens (tertiary/aromatic N) is 4. The van der Waals surface area contributed by atoms with Crippen LogP contribution in [-0.2, 0) is 22.7 Å². The number of hydrogen-bond acceptors (Lipinski definition) is 10. The molecule has 344 valence electrons. The molecule has 2 heterocycles. The molecule has 0 aromatic heterocycles. The lowest BCUT2D eigenvalue weighted by molar-refractivity contribution is -0.134. The number of aliphatic carboxylic acids is 2. The molecule has 0 atom stereocenters. The van der Waals surface area contributed by atoms with Crippen LogP contribution in [0, 0.1) is 0 Å². The van der Waals surface area contributed by atoms with Crippen LogP contribution in [-0.4, -0.2) is 119 Å². The van der Waals surface area contributed by atoms with Crippen LogP contribution in [0.2, 0.25) is 10.0 Å². The predicted octanol–water partition coefficient (Wildman–Crippen LogP) is 7.83. The largest absolute Gasteiger partial charge is 0.493 e. The van der Waals surface area contributed by atoms with Crippen LogP contribution >= 0.6 is 23.2 Å². The van der Waals surface area contributed by atoms with Crippen molar-refractivity contribution in [3.05, 3.63) is 129 Å². The minimum Gasteiger partial charge on any atom is -0.493 e. The summed E-state index contributed by atoms with van der Waals surface area (Å²) in [5.74, 6) is -1.69. The Morgan fingerprint density at radius 1 is 0.625 bits per heavy atom. The van der Waals surface area contributed by atoms with Crippen molar-refractivity contribution in [3.8, 4) is 11.5 Å². The number of ether oxygens (including phenoxy) is 2. The number of carbonyl (C=O) groups excluding carboxylic acids is 2. The van der Waals surface area contributed by atoms with E-state index >= 15 is 0 Å². The first-order chi connectivity index (χ1) is 30.6. The second kappa shape index (κ2) is 25.5. The Kier molecular flexibility index (Phi) is 20.2. The highest BCUT2D eigenvalue weighted by atomic mass is 35.5. The summed E-state index contributed by atoms with van der Waals surface area (Å²) < 4.78 is 11.2. The van der Waals surface area contributed by atoms with E-state index in [9.17, 15) is 19.2 Å². The number of nitrogens with two attached hydrogens (primary N) is 2. The number of likely N-dealkylation sites (tertiary alicyclic amines) is 2. The van der Waals surface area contributed by atoms with Crippen LogP contribution in [0.5, 0.6) is 11.5 Å². The van der Waals surface area contributed by atoms with Crippen molar-refractivity contribution < 1.29 is 38.9 Å². The van der Waals surface area contributed by atoms with E-state index < -0.39 is 11.9 Å². The number of carbonyl (C=O) groups is 4. The molecule has 4 aromatic carbocycles. The van der Waals surface area contributed by atoms with Crippen molar-refractivity contribution in [2.45, 2.75) is 64.7 Å². The molecular weight excluding hydrogens is 859 g/mol. The van der Waals surface area contributed by atoms with Gasteiger partial charge in [-0.3, -0.25) is 19.4 Å². The van der Waals surface area contributed by atoms with Crippen molar-refractivity contribution in [3.63, 3.8) is 0 Å². The van der Waals surface area contributed by atoms with Gasteiger partial charge in [-0.1, -0.05) is 83.9 Å². The van der Waals surface area contributed by atoms with Gasteiger partial charge < -0.3 is 41.0 Å². The highest BCUT2D eigenvalue weighted by Gasteiger charge is 2.30. The molecule has 4 aromatic rings. The zero-order chi connectivity index (χ0) is 46.8. The molecule has 6 rings (SSSR count). The van der Waals surface area contributed by atoms with Gasteiger partial charge in [-0.15, -0.1) is 0 Å². The SMILES string of the molecule is CCOc1cc(N)c(Cl)cc1C(=O)N(C)C1CCN(Cc2ccccc2)CC1.CCOc1cc(N)c(Cl)cc1C(=O)N(C)C1CCN(Cc2ccccc2)CC1.O=C(O)C=CC(=O)O. The van der Waals surface area contributed by atoms with Crippen molar-refractivity contribution in [1.82, 2.24) is 19.6 Å². The molecule has 2 fully saturated rings. The van der Waals surface area contributed by atoms with Gasteiger partial charge in [0.05, 0.1) is 45.8 Å². The van der Waals surface area contributed by atoms with E-state index in [4.69, 9.17) is 54.4 Å². The Morgan fingerprint density at radius 3 is 1.25 bits per heavy atom. The molecule has 64 heavy (non-hydrogen) atoms. The van der Waals surface area contributed by atoms with Crippen molar-refractivity contribution >= 4 is 58.3 Å². The number of rotatable bonds is 14. The number of carboxylic acid groups (broad SMARTS) is 2. The second-order valence-electron chi connectivity index (χ2n) is 15.4. The molecule has 0 unspecified atom stereocenters. The van der Waals surface area contributed by atoms with E-state index in [1.54, 1.807) is 24.3 Å². The van der Waals surface area contributed by atoms with Crippen LogP contribution < -0.4 is 20.9 Å². The lowest BCUT2D eigenvalue weighted by Crippen LogP contribution is -2.45. The Morgan fingerprint density at radius 2 is 0.953 bits per heavy atom. The molecule has 14 nitrogen and oxygen atoms in total. The minimum atomic E-state index is -1.26. The topological polar surface area (TPSA) is 192 Å². The quantitative estimate of drug-likeness (QED) is 0.0709. The molecule has 2 saturated heterocycles. The molecule has 16 heteroatoms. The van der Waals surface area contributed by atoms with Gasteiger partial charge in [0.2, 0.25) is 0 Å². The average molecular weight is 920 g/mol. The van der Waals surface area contributed by atoms with Gasteiger partial charge in [0, 0.05) is 89.7 Å². The fraction of sp³-hybridized carbons (Fsp3) is 0.375. The van der Waals surface area contributed by atoms with Crippen LogP contribution in [0.3, 0.4) is 0 Å². The minimum absolute atomic E-state index is 0.0770. The Balaban J connectivity index is 0.000000240. The molecule has 2 amide bonds. The normalized spacial score (nSPS) is 14.7. The first kappa shape index (κ1) is 50.8. The molecule has 6 N–H and O–H groups in total. The van der Waals surface area contributed by atoms with Gasteiger partial charge in [-0.25, -0.2) is 9.59 Å². The highest BCUT2D eigenvalue weighted by Crippen LogP contribution is 2.33. The third-order valence-corrected chi connectivity index (χ3v) is 11.6. The standard InChI is InChI=1S/2C22H28ClN3O2.C4H4O4/c2*1-3-28-21-14-20(24)19(23)13-18(21)22(27)25(2)17-9-11-26(12-10-17)15-16-7-5-4-6-8-16;5-3(6)1-2-4(7)8/h2*4-8,13-14,17H,3,9-12,15,24H2,1-2H3;1-2H,(H,5,6)(H,7,8). The van der Waals surface area contributed by atoms with Gasteiger partial charge in [0.15, 0.2) is 0 Å². The van der Waals surface area contributed by atoms with Crippen molar-refractivity contribution in [2.24, 2.45) is 0 Å². The lowest BCUT2D eigenvalue weighted by atomic mass is 10.0. The lowest BCUT2D eigenvalue weighted by Gasteiger charge is -2.37. The maximum Gasteiger partial charge on any atom is 0.328 e. The van der Waals surface area contributed by atoms with Crippen molar-refractivity contribution in [2.75, 3.05) is 65.0 Å². The fourth-order valence-electron chi connectivity index (χ4n) is 7.49. The number of hydrogen-bond donors (Lipinski definition) is 4. The molecular formula is C48H60Cl2N6O8. The van der Waals surface area contributed by atoms with E-state index in [1.165, 1.54) is 11.1 Å². The summed E-state index contributed by atoms with van der Waals surface area (Å²) in [4.78, 5) is 53.9. The van der Waals surface area contributed by atoms with Crippen LogP contribution in [0.25, 0.3) is 0 Å². The first-order valence-electron chi connectivity index (χ1n) is 21.3. The van der Waals surface area contributed by atoms with Crippen LogP contribution in [0.15, 0.2) is 97.1 Å². The van der Waals surface area contributed by atoms with E-state index in [-0.39, 0.29) is 23.9 Å². The van der Waals surface area contributed by atoms with Crippen LogP contribution in [0.4, 0.5) is 11.4 Å². The molecule has 2 aliphatic rings. The van der Waals surface area contributed by atoms with E-state index in [1.807, 2.05) is 49.9 Å². The Bertz CT molecular complexity index is 2030. The van der Waals surface area contributed by atoms with Gasteiger partial charge in [-0.2, -0.15) is 0 Å². The number of amides is 2. The smallest absolute Gasteiger partial charge is 0.328 e. The highest BCUT2D eigenvalue weighted by molar-refractivity contribution is 6.34. The third kappa shape index (κ3) is 15.5. The summed E-state index contributed by atoms with van der Waals surface area (Å²) in [6.07, 6.45) is 4.90. The van der Waals surface area contributed by atoms with Gasteiger partial charge >= 0.3 is 11.9 Å². The monoisotopic (exact) mass is 918 g/mol. The summed E-state index contributed by atoms with van der Waals surface area (Å²) in [6.45, 7) is 10.5. The van der Waals surface area contributed by atoms with E-state index in [0.29, 0.717) is 69.4 Å². The summed E-state index contributed by atoms with van der Waals surface area (Å²) in [5, 5.41) is 16.4. The number of anilines is 2. The fourth-order valence-corrected chi connectivity index (χ4v) is 7.82. The molecule has 0 spiro atoms. The summed E-state index contributed by atoms with van der Waals surface area (Å²) in [6, 6.07) is 27.9. The number of halogens is 2. The first-order valence-corrected chi connectivity index (χ1v) is 22.0. The second-order valence-corrected chi connectivity index (χ2v) is 16.2. The Hall–Kier alpha value is -5.80. The van der Waals surface area contributed by atoms with Crippen molar-refractivity contribution in [1.29, 1.82) is 0 Å². The number of benzene rings is 4. The third-order valence-electron chi connectivity index (χ3n) is 11.0. The molecule has 0 saturated carbocycles. The molecule has 0 radical (unpaired) electrons. The Labute approximate surface area is 385 Å². The van der Waals surface area contributed by atoms with Gasteiger partial charge in [-0.05, 0) is 62.8 Å². The zero-order valence-corrected chi connectivity index (χ0v) is 38.4. The summed E-state index contributed by atoms with van der Waals surface area (Å²) in [5.41, 5.74) is 16.2. The molecule has 0 bridgehead atoms. The number of piperidine rings is 2.